The van der Waals surface area contributed by atoms with Crippen LogP contribution in [0.5, 0.6) is 0 Å². The fraction of sp³-hybridized carbons (Fsp3) is 0.344. The van der Waals surface area contributed by atoms with Crippen LogP contribution in [-0.4, -0.2) is 70.1 Å². The Balaban J connectivity index is 0.000000544. The van der Waals surface area contributed by atoms with Crippen LogP contribution in [0.3, 0.4) is 0 Å². The lowest BCUT2D eigenvalue weighted by Gasteiger charge is -2.27. The van der Waals surface area contributed by atoms with Crippen LogP contribution in [-0.2, 0) is 28.9 Å². The summed E-state index contributed by atoms with van der Waals surface area (Å²) in [5.74, 6) is 0.883. The number of tetrazole rings is 1. The average Bonchev–Trinajstić information content (AvgIpc) is 3.54. The molecule has 3 aromatic carbocycles. The molecular formula is C32H45N7O2. The number of hydrogen-bond acceptors (Lipinski definition) is 6. The van der Waals surface area contributed by atoms with Gasteiger partial charge in [-0.25, -0.2) is 0 Å². The first-order chi connectivity index (χ1) is 20.0. The molecule has 0 atom stereocenters. The quantitative estimate of drug-likeness (QED) is 0.283. The highest BCUT2D eigenvalue weighted by molar-refractivity contribution is 5.76. The maximum atomic E-state index is 12.5. The molecule has 1 fully saturated rings. The molecule has 1 aromatic heterocycles. The van der Waals surface area contributed by atoms with Crippen molar-refractivity contribution in [2.75, 3.05) is 32.7 Å². The number of piperazine rings is 1. The van der Waals surface area contributed by atoms with Crippen LogP contribution in [0.2, 0.25) is 0 Å². The second-order valence-corrected chi connectivity index (χ2v) is 10.2. The lowest BCUT2D eigenvalue weighted by molar-refractivity contribution is -0.131. The fourth-order valence-corrected chi connectivity index (χ4v) is 4.83. The van der Waals surface area contributed by atoms with Gasteiger partial charge < -0.3 is 15.5 Å². The molecule has 3 N–H and O–H groups in total. The minimum absolute atomic E-state index is 0. The first kappa shape index (κ1) is 29.6. The first-order valence-corrected chi connectivity index (χ1v) is 14.2. The molecule has 0 bridgehead atoms. The van der Waals surface area contributed by atoms with Crippen molar-refractivity contribution in [1.82, 2.24) is 36.2 Å². The summed E-state index contributed by atoms with van der Waals surface area (Å²) in [6.07, 6.45) is 2.99. The predicted octanol–water partition coefficient (Wildman–Crippen LogP) is 4.23. The number of benzene rings is 3. The SMILES string of the molecule is CC(=O)NCCc1ccccc1Cc1ccccc1CCC(=O)N1CCNCC1.Cc1ccc(-c2nn[nH]n2)cc1.[HH].[HH].[HH]. The van der Waals surface area contributed by atoms with E-state index in [1.807, 2.05) is 42.2 Å². The molecule has 9 nitrogen and oxygen atoms in total. The van der Waals surface area contributed by atoms with Crippen molar-refractivity contribution >= 4 is 11.8 Å². The Hall–Kier alpha value is -4.37. The van der Waals surface area contributed by atoms with E-state index in [1.54, 1.807) is 6.92 Å². The zero-order valence-corrected chi connectivity index (χ0v) is 23.9. The highest BCUT2D eigenvalue weighted by Gasteiger charge is 2.16. The van der Waals surface area contributed by atoms with Crippen LogP contribution >= 0.6 is 0 Å². The Morgan fingerprint density at radius 1 is 0.878 bits per heavy atom. The molecular weight excluding hydrogens is 514 g/mol. The number of amides is 2. The molecule has 9 heteroatoms. The number of carbonyl (C=O) groups excluding carboxylic acids is 2. The predicted molar refractivity (Wildman–Crippen MR) is 167 cm³/mol. The van der Waals surface area contributed by atoms with Gasteiger partial charge in [0.15, 0.2) is 0 Å². The Kier molecular flexibility index (Phi) is 11.1. The molecule has 2 heterocycles. The summed E-state index contributed by atoms with van der Waals surface area (Å²) in [7, 11) is 0. The third-order valence-electron chi connectivity index (χ3n) is 7.12. The van der Waals surface area contributed by atoms with E-state index in [1.165, 1.54) is 27.8 Å². The largest absolute Gasteiger partial charge is 0.356 e. The van der Waals surface area contributed by atoms with Crippen LogP contribution in [0.25, 0.3) is 11.4 Å². The van der Waals surface area contributed by atoms with Crippen LogP contribution in [0.4, 0.5) is 0 Å². The summed E-state index contributed by atoms with van der Waals surface area (Å²) in [6, 6.07) is 24.8. The molecule has 0 spiro atoms. The van der Waals surface area contributed by atoms with Crippen LogP contribution in [0, 0.1) is 6.92 Å². The second-order valence-electron chi connectivity index (χ2n) is 10.2. The van der Waals surface area contributed by atoms with Crippen molar-refractivity contribution in [2.45, 2.75) is 39.5 Å². The van der Waals surface area contributed by atoms with Gasteiger partial charge in [-0.15, -0.1) is 10.2 Å². The van der Waals surface area contributed by atoms with Gasteiger partial charge >= 0.3 is 0 Å². The highest BCUT2D eigenvalue weighted by atomic mass is 16.2. The maximum Gasteiger partial charge on any atom is 0.222 e. The maximum absolute atomic E-state index is 12.5. The van der Waals surface area contributed by atoms with Gasteiger partial charge in [0.05, 0.1) is 0 Å². The number of rotatable bonds is 9. The molecule has 220 valence electrons. The molecule has 0 aliphatic carbocycles. The number of aromatic nitrogens is 4. The highest BCUT2D eigenvalue weighted by Crippen LogP contribution is 2.20. The Morgan fingerprint density at radius 2 is 1.49 bits per heavy atom. The molecule has 0 unspecified atom stereocenters. The van der Waals surface area contributed by atoms with Crippen LogP contribution < -0.4 is 10.6 Å². The lowest BCUT2D eigenvalue weighted by atomic mass is 9.93. The summed E-state index contributed by atoms with van der Waals surface area (Å²) in [4.78, 5) is 25.7. The monoisotopic (exact) mass is 559 g/mol. The van der Waals surface area contributed by atoms with E-state index in [0.29, 0.717) is 18.8 Å². The van der Waals surface area contributed by atoms with Gasteiger partial charge in [0.25, 0.3) is 0 Å². The van der Waals surface area contributed by atoms with Gasteiger partial charge in [0.1, 0.15) is 0 Å². The fourth-order valence-electron chi connectivity index (χ4n) is 4.83. The molecule has 0 radical (unpaired) electrons. The first-order valence-electron chi connectivity index (χ1n) is 14.2. The minimum atomic E-state index is 0. The van der Waals surface area contributed by atoms with Gasteiger partial charge in [0.2, 0.25) is 17.6 Å². The summed E-state index contributed by atoms with van der Waals surface area (Å²) >= 11 is 0. The topological polar surface area (TPSA) is 116 Å². The molecule has 1 saturated heterocycles. The van der Waals surface area contributed by atoms with Gasteiger partial charge in [-0.1, -0.05) is 78.4 Å². The van der Waals surface area contributed by atoms with Gasteiger partial charge in [-0.05, 0) is 53.7 Å². The third-order valence-corrected chi connectivity index (χ3v) is 7.12. The van der Waals surface area contributed by atoms with Crippen molar-refractivity contribution in [1.29, 1.82) is 0 Å². The number of aromatic amines is 1. The average molecular weight is 560 g/mol. The Labute approximate surface area is 246 Å². The van der Waals surface area contributed by atoms with Gasteiger partial charge in [0, 0.05) is 55.9 Å². The van der Waals surface area contributed by atoms with Crippen molar-refractivity contribution in [3.8, 4) is 11.4 Å². The summed E-state index contributed by atoms with van der Waals surface area (Å²) < 4.78 is 0. The number of H-pyrrole nitrogens is 1. The molecule has 1 aliphatic heterocycles. The van der Waals surface area contributed by atoms with E-state index < -0.39 is 0 Å². The summed E-state index contributed by atoms with van der Waals surface area (Å²) in [6.45, 7) is 7.62. The summed E-state index contributed by atoms with van der Waals surface area (Å²) in [5.41, 5.74) is 7.25. The zero-order valence-electron chi connectivity index (χ0n) is 23.9. The molecule has 2 amide bonds. The second kappa shape index (κ2) is 15.4. The van der Waals surface area contributed by atoms with Gasteiger partial charge in [-0.3, -0.25) is 9.59 Å². The van der Waals surface area contributed by atoms with Crippen molar-refractivity contribution in [3.05, 3.63) is 101 Å². The van der Waals surface area contributed by atoms with E-state index in [9.17, 15) is 9.59 Å². The van der Waals surface area contributed by atoms with E-state index >= 15 is 0 Å². The smallest absolute Gasteiger partial charge is 0.222 e. The molecule has 0 saturated carbocycles. The van der Waals surface area contributed by atoms with Crippen molar-refractivity contribution < 1.29 is 13.9 Å². The molecule has 1 aliphatic rings. The van der Waals surface area contributed by atoms with E-state index in [2.05, 4.69) is 73.7 Å². The number of carbonyl (C=O) groups is 2. The van der Waals surface area contributed by atoms with E-state index in [-0.39, 0.29) is 16.1 Å². The molecule has 5 rings (SSSR count). The Bertz CT molecular complexity index is 1400. The molecule has 4 aromatic rings. The van der Waals surface area contributed by atoms with E-state index in [0.717, 1.165) is 51.0 Å². The minimum Gasteiger partial charge on any atom is -0.356 e. The summed E-state index contributed by atoms with van der Waals surface area (Å²) in [5, 5.41) is 19.8. The van der Waals surface area contributed by atoms with Crippen LogP contribution in [0.15, 0.2) is 72.8 Å². The van der Waals surface area contributed by atoms with Gasteiger partial charge in [-0.2, -0.15) is 5.21 Å². The Morgan fingerprint density at radius 3 is 2.07 bits per heavy atom. The number of aryl methyl sites for hydroxylation is 2. The van der Waals surface area contributed by atoms with Crippen molar-refractivity contribution in [2.24, 2.45) is 0 Å². The number of hydrogen-bond donors (Lipinski definition) is 3. The van der Waals surface area contributed by atoms with Crippen molar-refractivity contribution in [3.63, 3.8) is 0 Å². The third kappa shape index (κ3) is 9.36. The number of nitrogens with zero attached hydrogens (tertiary/aromatic N) is 4. The number of nitrogens with one attached hydrogen (secondary N) is 3. The zero-order chi connectivity index (χ0) is 28.9. The lowest BCUT2D eigenvalue weighted by Crippen LogP contribution is -2.46. The van der Waals surface area contributed by atoms with E-state index in [4.69, 9.17) is 0 Å². The standard InChI is InChI=1S/C24H31N3O2.C8H8N4.3H2/c1-19(28)26-13-12-21-7-3-5-9-23(21)18-22-8-4-2-6-20(22)10-11-24(29)27-16-14-25-15-17-27;1-6-2-4-7(5-3-6)8-9-11-12-10-8;;;/h2-9,25H,10-18H2,1H3,(H,26,28);2-5H,1H3,(H,9,10,11,12);3*1H. The normalized spacial score (nSPS) is 12.8. The molecule has 41 heavy (non-hydrogen) atoms. The van der Waals surface area contributed by atoms with Crippen LogP contribution in [0.1, 0.15) is 45.4 Å².